The molecule has 21 heavy (non-hydrogen) atoms. The first kappa shape index (κ1) is 16.3. The number of likely N-dealkylation sites (tertiary alicyclic amines) is 1. The molecule has 2 unspecified atom stereocenters. The van der Waals surface area contributed by atoms with Crippen LogP contribution in [-0.4, -0.2) is 48.9 Å². The molecule has 2 atom stereocenters. The van der Waals surface area contributed by atoms with Gasteiger partial charge in [-0.3, -0.25) is 9.59 Å². The van der Waals surface area contributed by atoms with E-state index < -0.39 is 0 Å². The van der Waals surface area contributed by atoms with Gasteiger partial charge in [0.05, 0.1) is 0 Å². The summed E-state index contributed by atoms with van der Waals surface area (Å²) in [6.45, 7) is 5.45. The molecule has 2 aliphatic heterocycles. The zero-order chi connectivity index (χ0) is 15.1. The molecule has 0 aromatic rings. The molecule has 5 nitrogen and oxygen atoms in total. The number of piperidine rings is 2. The fraction of sp³-hybridized carbons (Fsp3) is 0.875. The average Bonchev–Trinajstić information content (AvgIpc) is 2.50. The number of carbonyl (C=O) groups is 2. The van der Waals surface area contributed by atoms with E-state index in [2.05, 4.69) is 17.6 Å². The molecule has 2 aliphatic rings. The standard InChI is InChI=1S/C16H29N3O2/c1-13-6-5-8-17-14(13)12-15(20)18-9-7-16(21)19-10-3-2-4-11-19/h13-14,17H,2-12H2,1H3,(H,18,20). The van der Waals surface area contributed by atoms with Gasteiger partial charge < -0.3 is 15.5 Å². The molecule has 0 spiro atoms. The summed E-state index contributed by atoms with van der Waals surface area (Å²) in [5.41, 5.74) is 0. The summed E-state index contributed by atoms with van der Waals surface area (Å²) in [6, 6.07) is 0.288. The zero-order valence-electron chi connectivity index (χ0n) is 13.2. The number of nitrogens with zero attached hydrogens (tertiary/aromatic N) is 1. The molecule has 2 N–H and O–H groups in total. The van der Waals surface area contributed by atoms with Gasteiger partial charge in [0, 0.05) is 38.5 Å². The molecule has 0 radical (unpaired) electrons. The van der Waals surface area contributed by atoms with Gasteiger partial charge in [-0.2, -0.15) is 0 Å². The second kappa shape index (κ2) is 8.37. The predicted octanol–water partition coefficient (Wildman–Crippen LogP) is 1.28. The first-order chi connectivity index (χ1) is 10.2. The monoisotopic (exact) mass is 295 g/mol. The molecule has 0 aromatic carbocycles. The first-order valence-electron chi connectivity index (χ1n) is 8.44. The molecule has 0 aliphatic carbocycles. The van der Waals surface area contributed by atoms with Crippen LogP contribution >= 0.6 is 0 Å². The SMILES string of the molecule is CC1CCCNC1CC(=O)NCCC(=O)N1CCCCC1. The van der Waals surface area contributed by atoms with Gasteiger partial charge in [-0.25, -0.2) is 0 Å². The third-order valence-corrected chi connectivity index (χ3v) is 4.70. The normalized spacial score (nSPS) is 26.4. The molecule has 2 amide bonds. The Morgan fingerprint density at radius 1 is 1.19 bits per heavy atom. The second-order valence-corrected chi connectivity index (χ2v) is 6.43. The molecule has 0 aromatic heterocycles. The highest BCUT2D eigenvalue weighted by Gasteiger charge is 2.23. The number of nitrogens with one attached hydrogen (secondary N) is 2. The molecule has 2 saturated heterocycles. The van der Waals surface area contributed by atoms with Gasteiger partial charge in [0.25, 0.3) is 0 Å². The average molecular weight is 295 g/mol. The van der Waals surface area contributed by atoms with Crippen molar-refractivity contribution in [2.75, 3.05) is 26.2 Å². The second-order valence-electron chi connectivity index (χ2n) is 6.43. The Labute approximate surface area is 127 Å². The maximum Gasteiger partial charge on any atom is 0.224 e. The van der Waals surface area contributed by atoms with Crippen LogP contribution in [0.5, 0.6) is 0 Å². The van der Waals surface area contributed by atoms with Gasteiger partial charge in [-0.05, 0) is 44.6 Å². The smallest absolute Gasteiger partial charge is 0.224 e. The highest BCUT2D eigenvalue weighted by Crippen LogP contribution is 2.17. The lowest BCUT2D eigenvalue weighted by molar-refractivity contribution is -0.132. The Bertz CT molecular complexity index is 353. The highest BCUT2D eigenvalue weighted by atomic mass is 16.2. The van der Waals surface area contributed by atoms with Crippen molar-refractivity contribution in [1.29, 1.82) is 0 Å². The number of hydrogen-bond acceptors (Lipinski definition) is 3. The van der Waals surface area contributed by atoms with Crippen LogP contribution in [0.1, 0.15) is 51.9 Å². The summed E-state index contributed by atoms with van der Waals surface area (Å²) >= 11 is 0. The van der Waals surface area contributed by atoms with Crippen molar-refractivity contribution in [3.8, 4) is 0 Å². The van der Waals surface area contributed by atoms with Crippen LogP contribution in [-0.2, 0) is 9.59 Å². The van der Waals surface area contributed by atoms with E-state index in [1.54, 1.807) is 0 Å². The van der Waals surface area contributed by atoms with E-state index in [4.69, 9.17) is 0 Å². The van der Waals surface area contributed by atoms with E-state index in [0.29, 0.717) is 25.3 Å². The van der Waals surface area contributed by atoms with Crippen LogP contribution in [0, 0.1) is 5.92 Å². The van der Waals surface area contributed by atoms with E-state index in [-0.39, 0.29) is 17.9 Å². The van der Waals surface area contributed by atoms with Crippen molar-refractivity contribution in [3.05, 3.63) is 0 Å². The lowest BCUT2D eigenvalue weighted by Gasteiger charge is -2.29. The topological polar surface area (TPSA) is 61.4 Å². The maximum atomic E-state index is 12.0. The van der Waals surface area contributed by atoms with Gasteiger partial charge in [0.1, 0.15) is 0 Å². The third kappa shape index (κ3) is 5.30. The molecule has 5 heteroatoms. The van der Waals surface area contributed by atoms with Gasteiger partial charge in [-0.1, -0.05) is 6.92 Å². The van der Waals surface area contributed by atoms with E-state index >= 15 is 0 Å². The molecule has 0 bridgehead atoms. The third-order valence-electron chi connectivity index (χ3n) is 4.70. The lowest BCUT2D eigenvalue weighted by Crippen LogP contribution is -2.44. The number of hydrogen-bond donors (Lipinski definition) is 2. The van der Waals surface area contributed by atoms with E-state index in [1.165, 1.54) is 19.3 Å². The Hall–Kier alpha value is -1.10. The summed E-state index contributed by atoms with van der Waals surface area (Å²) in [5.74, 6) is 0.798. The quantitative estimate of drug-likeness (QED) is 0.803. The van der Waals surface area contributed by atoms with Crippen LogP contribution in [0.4, 0.5) is 0 Å². The Kier molecular flexibility index (Phi) is 6.49. The minimum Gasteiger partial charge on any atom is -0.356 e. The van der Waals surface area contributed by atoms with E-state index in [9.17, 15) is 9.59 Å². The van der Waals surface area contributed by atoms with Crippen molar-refractivity contribution in [2.24, 2.45) is 5.92 Å². The van der Waals surface area contributed by atoms with Gasteiger partial charge >= 0.3 is 0 Å². The summed E-state index contributed by atoms with van der Waals surface area (Å²) < 4.78 is 0. The molecule has 2 fully saturated rings. The highest BCUT2D eigenvalue weighted by molar-refractivity contribution is 5.79. The van der Waals surface area contributed by atoms with Crippen LogP contribution in [0.15, 0.2) is 0 Å². The van der Waals surface area contributed by atoms with E-state index in [1.807, 2.05) is 4.90 Å². The predicted molar refractivity (Wildman–Crippen MR) is 82.9 cm³/mol. The summed E-state index contributed by atoms with van der Waals surface area (Å²) in [7, 11) is 0. The van der Waals surface area contributed by atoms with Crippen molar-refractivity contribution >= 4 is 11.8 Å². The van der Waals surface area contributed by atoms with Gasteiger partial charge in [0.2, 0.25) is 11.8 Å². The largest absolute Gasteiger partial charge is 0.356 e. The molecular weight excluding hydrogens is 266 g/mol. The molecule has 2 rings (SSSR count). The summed E-state index contributed by atoms with van der Waals surface area (Å²) in [5, 5.41) is 6.31. The molecule has 120 valence electrons. The molecule has 0 saturated carbocycles. The number of rotatable bonds is 5. The summed E-state index contributed by atoms with van der Waals surface area (Å²) in [6.07, 6.45) is 6.81. The first-order valence-corrected chi connectivity index (χ1v) is 8.44. The molecule has 2 heterocycles. The fourth-order valence-corrected chi connectivity index (χ4v) is 3.27. The molecular formula is C16H29N3O2. The minimum atomic E-state index is 0.0627. The van der Waals surface area contributed by atoms with Gasteiger partial charge in [-0.15, -0.1) is 0 Å². The van der Waals surface area contributed by atoms with Crippen molar-refractivity contribution in [2.45, 2.75) is 57.9 Å². The van der Waals surface area contributed by atoms with Gasteiger partial charge in [0.15, 0.2) is 0 Å². The Balaban J connectivity index is 1.61. The van der Waals surface area contributed by atoms with Crippen LogP contribution < -0.4 is 10.6 Å². The number of amides is 2. The van der Waals surface area contributed by atoms with Crippen molar-refractivity contribution < 1.29 is 9.59 Å². The summed E-state index contributed by atoms with van der Waals surface area (Å²) in [4.78, 5) is 25.9. The number of carbonyl (C=O) groups excluding carboxylic acids is 2. The maximum absolute atomic E-state index is 12.0. The zero-order valence-corrected chi connectivity index (χ0v) is 13.2. The van der Waals surface area contributed by atoms with E-state index in [0.717, 1.165) is 32.5 Å². The lowest BCUT2D eigenvalue weighted by atomic mass is 9.90. The Morgan fingerprint density at radius 2 is 1.95 bits per heavy atom. The Morgan fingerprint density at radius 3 is 2.67 bits per heavy atom. The fourth-order valence-electron chi connectivity index (χ4n) is 3.27. The van der Waals surface area contributed by atoms with Crippen molar-refractivity contribution in [3.63, 3.8) is 0 Å². The van der Waals surface area contributed by atoms with Crippen LogP contribution in [0.3, 0.4) is 0 Å². The van der Waals surface area contributed by atoms with Crippen LogP contribution in [0.2, 0.25) is 0 Å². The minimum absolute atomic E-state index is 0.0627. The van der Waals surface area contributed by atoms with Crippen LogP contribution in [0.25, 0.3) is 0 Å². The van der Waals surface area contributed by atoms with Crippen molar-refractivity contribution in [1.82, 2.24) is 15.5 Å².